The van der Waals surface area contributed by atoms with Crippen molar-refractivity contribution in [3.05, 3.63) is 34.4 Å². The molecule has 1 aliphatic rings. The van der Waals surface area contributed by atoms with Crippen LogP contribution in [0.5, 0.6) is 5.75 Å². The maximum absolute atomic E-state index is 12.6. The Labute approximate surface area is 160 Å². The lowest BCUT2D eigenvalue weighted by Gasteiger charge is -2.28. The molecule has 148 valence electrons. The summed E-state index contributed by atoms with van der Waals surface area (Å²) in [5, 5.41) is 19.7. The quantitative estimate of drug-likeness (QED) is 0.392. The largest absolute Gasteiger partial charge is 0.507 e. The van der Waals surface area contributed by atoms with Crippen LogP contribution in [0.25, 0.3) is 6.08 Å². The van der Waals surface area contributed by atoms with Crippen LogP contribution >= 0.6 is 0 Å². The van der Waals surface area contributed by atoms with Crippen molar-refractivity contribution in [2.45, 2.75) is 71.8 Å². The summed E-state index contributed by atoms with van der Waals surface area (Å²) < 4.78 is 0. The summed E-state index contributed by atoms with van der Waals surface area (Å²) in [6.45, 7) is 13.9. The van der Waals surface area contributed by atoms with Crippen molar-refractivity contribution in [2.75, 3.05) is 0 Å². The lowest BCUT2D eigenvalue weighted by molar-refractivity contribution is -0.123. The lowest BCUT2D eigenvalue weighted by atomic mass is 9.78. The Hall–Kier alpha value is -2.34. The molecule has 3 N–H and O–H groups in total. The van der Waals surface area contributed by atoms with Crippen LogP contribution in [0.2, 0.25) is 0 Å². The number of carbonyl (C=O) groups is 2. The van der Waals surface area contributed by atoms with Crippen LogP contribution in [-0.2, 0) is 15.6 Å². The van der Waals surface area contributed by atoms with E-state index >= 15 is 0 Å². The lowest BCUT2D eigenvalue weighted by Crippen LogP contribution is -2.43. The Morgan fingerprint density at radius 1 is 1.15 bits per heavy atom. The van der Waals surface area contributed by atoms with Crippen molar-refractivity contribution in [1.82, 2.24) is 10.4 Å². The summed E-state index contributed by atoms with van der Waals surface area (Å²) in [4.78, 5) is 25.3. The van der Waals surface area contributed by atoms with Gasteiger partial charge in [-0.1, -0.05) is 41.5 Å². The zero-order valence-electron chi connectivity index (χ0n) is 17.2. The molecule has 2 rings (SSSR count). The summed E-state index contributed by atoms with van der Waals surface area (Å²) in [6.07, 6.45) is 2.18. The molecule has 0 spiro atoms. The summed E-state index contributed by atoms with van der Waals surface area (Å²) in [5.74, 6) is -0.138. The highest BCUT2D eigenvalue weighted by Gasteiger charge is 2.37. The molecule has 1 saturated heterocycles. The smallest absolute Gasteiger partial charge is 0.348 e. The van der Waals surface area contributed by atoms with Crippen molar-refractivity contribution in [3.8, 4) is 5.75 Å². The van der Waals surface area contributed by atoms with Crippen molar-refractivity contribution in [1.29, 1.82) is 0 Å². The molecule has 1 aliphatic heterocycles. The fourth-order valence-corrected chi connectivity index (χ4v) is 3.40. The van der Waals surface area contributed by atoms with Crippen LogP contribution in [-0.4, -0.2) is 33.2 Å². The van der Waals surface area contributed by atoms with Gasteiger partial charge in [0.2, 0.25) is 0 Å². The number of nitrogens with one attached hydrogen (secondary N) is 1. The number of hydrogen-bond acceptors (Lipinski definition) is 4. The Morgan fingerprint density at radius 3 is 2.04 bits per heavy atom. The topological polar surface area (TPSA) is 89.9 Å². The molecule has 1 aromatic rings. The van der Waals surface area contributed by atoms with E-state index < -0.39 is 11.9 Å². The van der Waals surface area contributed by atoms with Gasteiger partial charge in [-0.2, -0.15) is 0 Å². The molecule has 0 aliphatic carbocycles. The molecule has 1 heterocycles. The normalized spacial score (nSPS) is 19.7. The molecule has 27 heavy (non-hydrogen) atoms. The van der Waals surface area contributed by atoms with E-state index in [0.717, 1.165) is 21.6 Å². The van der Waals surface area contributed by atoms with Gasteiger partial charge in [0.25, 0.3) is 5.91 Å². The Morgan fingerprint density at radius 2 is 1.63 bits per heavy atom. The molecule has 1 unspecified atom stereocenters. The molecular weight excluding hydrogens is 344 g/mol. The number of phenolic OH excluding ortho intramolecular Hbond substituents is 1. The molecule has 0 aromatic heterocycles. The minimum atomic E-state index is -0.827. The van der Waals surface area contributed by atoms with E-state index in [-0.39, 0.29) is 22.6 Å². The Bertz CT molecular complexity index is 762. The number of hydrogen-bond donors (Lipinski definition) is 3. The second kappa shape index (κ2) is 7.00. The molecule has 3 amide bonds. The van der Waals surface area contributed by atoms with E-state index in [4.69, 9.17) is 5.21 Å². The van der Waals surface area contributed by atoms with Gasteiger partial charge < -0.3 is 5.11 Å². The number of aromatic hydroxyl groups is 1. The first kappa shape index (κ1) is 21.0. The van der Waals surface area contributed by atoms with Gasteiger partial charge in [0.1, 0.15) is 5.75 Å². The van der Waals surface area contributed by atoms with Crippen LogP contribution in [0.1, 0.15) is 71.6 Å². The Kier molecular flexibility index (Phi) is 5.44. The fraction of sp³-hybridized carbons (Fsp3) is 0.524. The van der Waals surface area contributed by atoms with Crippen molar-refractivity contribution < 1.29 is 19.9 Å². The van der Waals surface area contributed by atoms with E-state index in [1.807, 2.05) is 53.7 Å². The molecule has 1 atom stereocenters. The first-order valence-corrected chi connectivity index (χ1v) is 9.13. The number of amides is 3. The highest BCUT2D eigenvalue weighted by atomic mass is 16.5. The summed E-state index contributed by atoms with van der Waals surface area (Å²) in [6, 6.07) is 2.62. The molecule has 0 bridgehead atoms. The molecule has 1 aromatic carbocycles. The number of phenols is 1. The van der Waals surface area contributed by atoms with E-state index in [2.05, 4.69) is 0 Å². The van der Waals surface area contributed by atoms with E-state index in [1.165, 1.54) is 5.48 Å². The predicted octanol–water partition coefficient (Wildman–Crippen LogP) is 4.09. The summed E-state index contributed by atoms with van der Waals surface area (Å²) in [7, 11) is 0. The zero-order chi connectivity index (χ0) is 20.7. The first-order valence-electron chi connectivity index (χ1n) is 9.13. The van der Waals surface area contributed by atoms with Crippen molar-refractivity contribution in [3.63, 3.8) is 0 Å². The van der Waals surface area contributed by atoms with Gasteiger partial charge >= 0.3 is 6.03 Å². The number of nitrogens with zero attached hydrogens (tertiary/aromatic N) is 1. The average molecular weight is 374 g/mol. The molecule has 0 saturated carbocycles. The maximum Gasteiger partial charge on any atom is 0.348 e. The van der Waals surface area contributed by atoms with E-state index in [0.29, 0.717) is 12.0 Å². The summed E-state index contributed by atoms with van der Waals surface area (Å²) >= 11 is 0. The van der Waals surface area contributed by atoms with Crippen LogP contribution in [0.15, 0.2) is 17.7 Å². The number of carbonyl (C=O) groups excluding carboxylic acids is 2. The second-order valence-electron chi connectivity index (χ2n) is 9.28. The first-order chi connectivity index (χ1) is 12.3. The molecular formula is C21H30N2O4. The highest BCUT2D eigenvalue weighted by molar-refractivity contribution is 6.08. The van der Waals surface area contributed by atoms with Crippen LogP contribution < -0.4 is 5.48 Å². The number of imide groups is 1. The number of hydroxylamine groups is 1. The summed E-state index contributed by atoms with van der Waals surface area (Å²) in [5.41, 5.74) is 3.91. The number of rotatable bonds is 1. The van der Waals surface area contributed by atoms with E-state index in [9.17, 15) is 14.7 Å². The third-order valence-electron chi connectivity index (χ3n) is 4.85. The molecule has 1 fully saturated rings. The van der Waals surface area contributed by atoms with Crippen LogP contribution in [0.3, 0.4) is 0 Å². The number of urea groups is 1. The molecule has 6 heteroatoms. The maximum atomic E-state index is 12.6. The van der Waals surface area contributed by atoms with Gasteiger partial charge in [-0.05, 0) is 47.9 Å². The zero-order valence-corrected chi connectivity index (χ0v) is 17.2. The van der Waals surface area contributed by atoms with Gasteiger partial charge in [0.05, 0.1) is 0 Å². The monoisotopic (exact) mass is 374 g/mol. The fourth-order valence-electron chi connectivity index (χ4n) is 3.40. The molecule has 6 nitrogen and oxygen atoms in total. The van der Waals surface area contributed by atoms with Gasteiger partial charge in [0.15, 0.2) is 0 Å². The second-order valence-corrected chi connectivity index (χ2v) is 9.28. The third kappa shape index (κ3) is 4.16. The van der Waals surface area contributed by atoms with Crippen LogP contribution in [0.4, 0.5) is 4.79 Å². The highest BCUT2D eigenvalue weighted by Crippen LogP contribution is 2.40. The van der Waals surface area contributed by atoms with Gasteiger partial charge in [-0.25, -0.2) is 10.3 Å². The van der Waals surface area contributed by atoms with Crippen molar-refractivity contribution in [2.24, 2.45) is 0 Å². The average Bonchev–Trinajstić information content (AvgIpc) is 2.80. The minimum absolute atomic E-state index is 0.269. The Balaban J connectivity index is 2.58. The predicted molar refractivity (Wildman–Crippen MR) is 105 cm³/mol. The SMILES string of the molecule is CC1CC(=Cc2cc(C(C)(C)C)c(O)c(C(C)(C)C)c2)C(=O)N1C(=O)NO. The third-order valence-corrected chi connectivity index (χ3v) is 4.85. The van der Waals surface area contributed by atoms with Crippen LogP contribution in [0, 0.1) is 0 Å². The minimum Gasteiger partial charge on any atom is -0.507 e. The van der Waals surface area contributed by atoms with Gasteiger partial charge in [0, 0.05) is 22.7 Å². The number of benzene rings is 1. The van der Waals surface area contributed by atoms with Gasteiger partial charge in [-0.15, -0.1) is 0 Å². The van der Waals surface area contributed by atoms with E-state index in [1.54, 1.807) is 13.0 Å². The number of likely N-dealkylation sites (tertiary alicyclic amines) is 1. The van der Waals surface area contributed by atoms with Crippen molar-refractivity contribution >= 4 is 18.0 Å². The molecule has 0 radical (unpaired) electrons. The standard InChI is InChI=1S/C21H30N2O4/c1-12-8-14(18(25)23(12)19(26)22-27)9-13-10-15(20(2,3)4)17(24)16(11-13)21(5,6)7/h9-12,24,27H,8H2,1-7H3,(H,22,26). The van der Waals surface area contributed by atoms with Gasteiger partial charge in [-0.3, -0.25) is 14.9 Å².